The van der Waals surface area contributed by atoms with E-state index in [1.807, 2.05) is 19.1 Å². The molecule has 2 N–H and O–H groups in total. The lowest BCUT2D eigenvalue weighted by Crippen LogP contribution is -2.37. The first-order chi connectivity index (χ1) is 9.89. The van der Waals surface area contributed by atoms with Crippen molar-refractivity contribution in [3.05, 3.63) is 23.8 Å². The number of carbonyl (C=O) groups is 1. The van der Waals surface area contributed by atoms with Crippen LogP contribution in [0.3, 0.4) is 0 Å². The van der Waals surface area contributed by atoms with Crippen molar-refractivity contribution < 1.29 is 19.4 Å². The van der Waals surface area contributed by atoms with Gasteiger partial charge in [-0.25, -0.2) is 4.79 Å². The Hall–Kier alpha value is -1.75. The van der Waals surface area contributed by atoms with Crippen molar-refractivity contribution in [2.75, 3.05) is 13.2 Å². The van der Waals surface area contributed by atoms with E-state index in [4.69, 9.17) is 14.6 Å². The number of carboxylic acid groups (broad SMARTS) is 1. The smallest absolute Gasteiger partial charge is 0.341 e. The minimum atomic E-state index is -1.01. The van der Waals surface area contributed by atoms with Crippen LogP contribution in [0, 0.1) is 0 Å². The molecule has 5 heteroatoms. The number of hydrogen-bond donors (Lipinski definition) is 2. The van der Waals surface area contributed by atoms with Gasteiger partial charge in [-0.15, -0.1) is 0 Å². The van der Waals surface area contributed by atoms with Crippen molar-refractivity contribution in [2.24, 2.45) is 0 Å². The quantitative estimate of drug-likeness (QED) is 0.733. The van der Waals surface area contributed by atoms with Crippen LogP contribution >= 0.6 is 0 Å². The maximum atomic E-state index is 10.7. The molecule has 0 fully saturated rings. The first kappa shape index (κ1) is 17.3. The van der Waals surface area contributed by atoms with Crippen LogP contribution in [0.25, 0.3) is 0 Å². The molecular weight excluding hydrogens is 270 g/mol. The fraction of sp³-hybridized carbons (Fsp3) is 0.562. The molecule has 0 saturated heterocycles. The van der Waals surface area contributed by atoms with E-state index >= 15 is 0 Å². The standard InChI is InChI=1S/C16H25NO4/c1-5-16(3,4)17-10-12-8-7-9-13(20-6-2)15(12)21-11-14(18)19/h7-9,17H,5-6,10-11H2,1-4H3,(H,18,19). The van der Waals surface area contributed by atoms with Gasteiger partial charge in [-0.2, -0.15) is 0 Å². The molecule has 1 aromatic rings. The third kappa shape index (κ3) is 5.63. The van der Waals surface area contributed by atoms with Crippen LogP contribution in [-0.2, 0) is 11.3 Å². The number of para-hydroxylation sites is 1. The van der Waals surface area contributed by atoms with Gasteiger partial charge in [-0.05, 0) is 33.3 Å². The van der Waals surface area contributed by atoms with Gasteiger partial charge in [0.2, 0.25) is 0 Å². The predicted octanol–water partition coefficient (Wildman–Crippen LogP) is 2.83. The Morgan fingerprint density at radius 3 is 2.57 bits per heavy atom. The zero-order valence-electron chi connectivity index (χ0n) is 13.2. The molecule has 0 atom stereocenters. The fourth-order valence-electron chi connectivity index (χ4n) is 1.73. The van der Waals surface area contributed by atoms with Gasteiger partial charge in [0, 0.05) is 17.6 Å². The first-order valence-corrected chi connectivity index (χ1v) is 7.24. The predicted molar refractivity (Wildman–Crippen MR) is 82.0 cm³/mol. The van der Waals surface area contributed by atoms with Gasteiger partial charge in [0.25, 0.3) is 0 Å². The molecular formula is C16H25NO4. The summed E-state index contributed by atoms with van der Waals surface area (Å²) in [5.74, 6) is 0.0719. The van der Waals surface area contributed by atoms with E-state index < -0.39 is 5.97 Å². The summed E-state index contributed by atoms with van der Waals surface area (Å²) in [6.07, 6.45) is 0.990. The Morgan fingerprint density at radius 2 is 2.00 bits per heavy atom. The van der Waals surface area contributed by atoms with Crippen molar-refractivity contribution in [3.8, 4) is 11.5 Å². The number of benzene rings is 1. The minimum absolute atomic E-state index is 0.00564. The Bertz CT molecular complexity index is 471. The molecule has 21 heavy (non-hydrogen) atoms. The number of aliphatic carboxylic acids is 1. The second kappa shape index (κ2) is 7.88. The highest BCUT2D eigenvalue weighted by atomic mass is 16.5. The van der Waals surface area contributed by atoms with E-state index in [9.17, 15) is 4.79 Å². The zero-order chi connectivity index (χ0) is 15.9. The highest BCUT2D eigenvalue weighted by molar-refractivity contribution is 5.68. The molecule has 0 unspecified atom stereocenters. The average Bonchev–Trinajstić information content (AvgIpc) is 2.44. The normalized spacial score (nSPS) is 11.2. The van der Waals surface area contributed by atoms with Crippen LogP contribution in [-0.4, -0.2) is 29.8 Å². The van der Waals surface area contributed by atoms with E-state index in [-0.39, 0.29) is 12.1 Å². The summed E-state index contributed by atoms with van der Waals surface area (Å²) in [5, 5.41) is 12.2. The van der Waals surface area contributed by atoms with Crippen molar-refractivity contribution in [1.82, 2.24) is 5.32 Å². The molecule has 0 saturated carbocycles. The van der Waals surface area contributed by atoms with Crippen LogP contribution < -0.4 is 14.8 Å². The largest absolute Gasteiger partial charge is 0.490 e. The lowest BCUT2D eigenvalue weighted by Gasteiger charge is -2.25. The van der Waals surface area contributed by atoms with Crippen LogP contribution in [0.15, 0.2) is 18.2 Å². The van der Waals surface area contributed by atoms with Gasteiger partial charge in [-0.3, -0.25) is 0 Å². The van der Waals surface area contributed by atoms with Gasteiger partial charge in [-0.1, -0.05) is 19.1 Å². The third-order valence-corrected chi connectivity index (χ3v) is 3.34. The monoisotopic (exact) mass is 295 g/mol. The maximum absolute atomic E-state index is 10.7. The molecule has 0 radical (unpaired) electrons. The highest BCUT2D eigenvalue weighted by Crippen LogP contribution is 2.31. The Balaban J connectivity index is 2.94. The molecule has 118 valence electrons. The number of carboxylic acids is 1. The fourth-order valence-corrected chi connectivity index (χ4v) is 1.73. The molecule has 0 aliphatic carbocycles. The van der Waals surface area contributed by atoms with Gasteiger partial charge < -0.3 is 19.9 Å². The van der Waals surface area contributed by atoms with Crippen molar-refractivity contribution in [1.29, 1.82) is 0 Å². The van der Waals surface area contributed by atoms with E-state index in [0.717, 1.165) is 12.0 Å². The van der Waals surface area contributed by atoms with Gasteiger partial charge in [0.1, 0.15) is 0 Å². The van der Waals surface area contributed by atoms with E-state index in [1.165, 1.54) is 0 Å². The summed E-state index contributed by atoms with van der Waals surface area (Å²) in [4.78, 5) is 10.7. The molecule has 0 heterocycles. The highest BCUT2D eigenvalue weighted by Gasteiger charge is 2.17. The molecule has 0 bridgehead atoms. The van der Waals surface area contributed by atoms with Crippen LogP contribution in [0.1, 0.15) is 39.7 Å². The summed E-state index contributed by atoms with van der Waals surface area (Å²) in [5.41, 5.74) is 0.898. The summed E-state index contributed by atoms with van der Waals surface area (Å²) in [7, 11) is 0. The Labute approximate surface area is 126 Å². The Morgan fingerprint density at radius 1 is 1.29 bits per heavy atom. The minimum Gasteiger partial charge on any atom is -0.490 e. The van der Waals surface area contributed by atoms with E-state index in [0.29, 0.717) is 24.7 Å². The summed E-state index contributed by atoms with van der Waals surface area (Å²) in [6.45, 7) is 8.96. The lowest BCUT2D eigenvalue weighted by molar-refractivity contribution is -0.139. The zero-order valence-corrected chi connectivity index (χ0v) is 13.2. The lowest BCUT2D eigenvalue weighted by atomic mass is 10.0. The molecule has 0 aromatic heterocycles. The molecule has 1 aromatic carbocycles. The molecule has 0 aliphatic rings. The SMILES string of the molecule is CCOc1cccc(CNC(C)(C)CC)c1OCC(=O)O. The summed E-state index contributed by atoms with van der Waals surface area (Å²) >= 11 is 0. The maximum Gasteiger partial charge on any atom is 0.341 e. The van der Waals surface area contributed by atoms with Gasteiger partial charge in [0.05, 0.1) is 6.61 Å². The summed E-state index contributed by atoms with van der Waals surface area (Å²) < 4.78 is 10.9. The van der Waals surface area contributed by atoms with Gasteiger partial charge in [0.15, 0.2) is 18.1 Å². The molecule has 0 spiro atoms. The number of ether oxygens (including phenoxy) is 2. The molecule has 0 amide bonds. The first-order valence-electron chi connectivity index (χ1n) is 7.24. The molecule has 1 rings (SSSR count). The second-order valence-electron chi connectivity index (χ2n) is 5.45. The number of rotatable bonds is 9. The average molecular weight is 295 g/mol. The van der Waals surface area contributed by atoms with E-state index in [2.05, 4.69) is 26.1 Å². The second-order valence-corrected chi connectivity index (χ2v) is 5.45. The van der Waals surface area contributed by atoms with Gasteiger partial charge >= 0.3 is 5.97 Å². The number of hydrogen-bond acceptors (Lipinski definition) is 4. The van der Waals surface area contributed by atoms with Crippen molar-refractivity contribution >= 4 is 5.97 Å². The van der Waals surface area contributed by atoms with Crippen LogP contribution in [0.4, 0.5) is 0 Å². The molecule has 0 aliphatic heterocycles. The molecule has 5 nitrogen and oxygen atoms in total. The van der Waals surface area contributed by atoms with Crippen LogP contribution in [0.5, 0.6) is 11.5 Å². The Kier molecular flexibility index (Phi) is 6.49. The van der Waals surface area contributed by atoms with Crippen molar-refractivity contribution in [2.45, 2.75) is 46.2 Å². The van der Waals surface area contributed by atoms with Crippen LogP contribution in [0.2, 0.25) is 0 Å². The van der Waals surface area contributed by atoms with E-state index in [1.54, 1.807) is 6.07 Å². The van der Waals surface area contributed by atoms with Crippen molar-refractivity contribution in [3.63, 3.8) is 0 Å². The summed E-state index contributed by atoms with van der Waals surface area (Å²) in [6, 6.07) is 5.59. The third-order valence-electron chi connectivity index (χ3n) is 3.34. The topological polar surface area (TPSA) is 67.8 Å². The number of nitrogens with one attached hydrogen (secondary N) is 1.